The van der Waals surface area contributed by atoms with Gasteiger partial charge < -0.3 is 9.47 Å². The molecule has 0 radical (unpaired) electrons. The Balaban J connectivity index is 2.11. The second-order valence-corrected chi connectivity index (χ2v) is 6.72. The van der Waals surface area contributed by atoms with Crippen LogP contribution in [0.15, 0.2) is 34.1 Å². The number of halogens is 2. The van der Waals surface area contributed by atoms with Crippen LogP contribution < -0.4 is 9.47 Å². The molecule has 5 heteroatoms. The van der Waals surface area contributed by atoms with Gasteiger partial charge in [0.25, 0.3) is 0 Å². The normalized spacial score (nSPS) is 10.4. The van der Waals surface area contributed by atoms with Crippen LogP contribution in [-0.4, -0.2) is 7.11 Å². The average Bonchev–Trinajstić information content (AvgIpc) is 2.81. The highest BCUT2D eigenvalue weighted by atomic mass is 79.9. The van der Waals surface area contributed by atoms with Crippen molar-refractivity contribution in [1.82, 2.24) is 0 Å². The molecular formula is C13H12Br2O2S. The van der Waals surface area contributed by atoms with Crippen molar-refractivity contribution in [2.45, 2.75) is 11.9 Å². The Morgan fingerprint density at radius 2 is 2.00 bits per heavy atom. The van der Waals surface area contributed by atoms with Crippen molar-refractivity contribution in [2.24, 2.45) is 0 Å². The van der Waals surface area contributed by atoms with Gasteiger partial charge in [0.2, 0.25) is 0 Å². The van der Waals surface area contributed by atoms with Crippen LogP contribution in [0, 0.1) is 0 Å². The van der Waals surface area contributed by atoms with E-state index in [-0.39, 0.29) is 0 Å². The summed E-state index contributed by atoms with van der Waals surface area (Å²) in [6.07, 6.45) is 0. The molecule has 96 valence electrons. The minimum atomic E-state index is 0.554. The maximum atomic E-state index is 5.81. The maximum absolute atomic E-state index is 5.81. The van der Waals surface area contributed by atoms with E-state index in [2.05, 4.69) is 37.9 Å². The minimum absolute atomic E-state index is 0.554. The molecule has 0 aliphatic carbocycles. The van der Waals surface area contributed by atoms with Gasteiger partial charge in [-0.05, 0) is 45.8 Å². The standard InChI is InChI=1S/C13H12Br2O2S/c1-16-11-4-2-9(7-14)6-12(11)17-8-10-3-5-13(15)18-10/h2-6H,7-8H2,1H3. The van der Waals surface area contributed by atoms with Crippen molar-refractivity contribution >= 4 is 43.2 Å². The number of benzene rings is 1. The Morgan fingerprint density at radius 3 is 2.61 bits per heavy atom. The first kappa shape index (κ1) is 13.9. The van der Waals surface area contributed by atoms with E-state index in [1.54, 1.807) is 18.4 Å². The van der Waals surface area contributed by atoms with E-state index in [1.165, 1.54) is 4.88 Å². The summed E-state index contributed by atoms with van der Waals surface area (Å²) in [4.78, 5) is 1.17. The zero-order valence-corrected chi connectivity index (χ0v) is 13.8. The molecular weight excluding hydrogens is 380 g/mol. The molecule has 0 saturated heterocycles. The van der Waals surface area contributed by atoms with Crippen LogP contribution in [0.1, 0.15) is 10.4 Å². The Kier molecular flexibility index (Phi) is 5.09. The summed E-state index contributed by atoms with van der Waals surface area (Å²) in [5, 5.41) is 0.803. The van der Waals surface area contributed by atoms with Crippen molar-refractivity contribution in [3.05, 3.63) is 44.6 Å². The summed E-state index contributed by atoms with van der Waals surface area (Å²) in [5.41, 5.74) is 1.16. The number of rotatable bonds is 5. The highest BCUT2D eigenvalue weighted by molar-refractivity contribution is 9.11. The number of alkyl halides is 1. The van der Waals surface area contributed by atoms with Crippen LogP contribution in [0.3, 0.4) is 0 Å². The summed E-state index contributed by atoms with van der Waals surface area (Å²) in [5.74, 6) is 1.54. The Bertz CT molecular complexity index is 525. The molecule has 0 saturated carbocycles. The number of hydrogen-bond donors (Lipinski definition) is 0. The fraction of sp³-hybridized carbons (Fsp3) is 0.231. The lowest BCUT2D eigenvalue weighted by Crippen LogP contribution is -1.96. The van der Waals surface area contributed by atoms with Gasteiger partial charge in [-0.2, -0.15) is 0 Å². The van der Waals surface area contributed by atoms with E-state index in [0.29, 0.717) is 6.61 Å². The van der Waals surface area contributed by atoms with Gasteiger partial charge in [0.15, 0.2) is 11.5 Å². The molecule has 0 bridgehead atoms. The summed E-state index contributed by atoms with van der Waals surface area (Å²) < 4.78 is 12.2. The van der Waals surface area contributed by atoms with Gasteiger partial charge in [-0.15, -0.1) is 11.3 Å². The monoisotopic (exact) mass is 390 g/mol. The Morgan fingerprint density at radius 1 is 1.17 bits per heavy atom. The second-order valence-electron chi connectivity index (χ2n) is 3.61. The van der Waals surface area contributed by atoms with Gasteiger partial charge in [-0.3, -0.25) is 0 Å². The van der Waals surface area contributed by atoms with E-state index in [0.717, 1.165) is 26.2 Å². The summed E-state index contributed by atoms with van der Waals surface area (Å²) in [6.45, 7) is 0.554. The molecule has 1 heterocycles. The van der Waals surface area contributed by atoms with Gasteiger partial charge in [0.1, 0.15) is 6.61 Å². The number of thiophene rings is 1. The topological polar surface area (TPSA) is 18.5 Å². The van der Waals surface area contributed by atoms with E-state index in [1.807, 2.05) is 24.3 Å². The van der Waals surface area contributed by atoms with Crippen LogP contribution in [-0.2, 0) is 11.9 Å². The third kappa shape index (κ3) is 3.49. The zero-order chi connectivity index (χ0) is 13.0. The van der Waals surface area contributed by atoms with Crippen molar-refractivity contribution in [1.29, 1.82) is 0 Å². The molecule has 0 N–H and O–H groups in total. The fourth-order valence-electron chi connectivity index (χ4n) is 1.50. The molecule has 0 atom stereocenters. The molecule has 0 aliphatic rings. The lowest BCUT2D eigenvalue weighted by molar-refractivity contribution is 0.287. The molecule has 0 aliphatic heterocycles. The quantitative estimate of drug-likeness (QED) is 0.668. The van der Waals surface area contributed by atoms with Crippen LogP contribution in [0.4, 0.5) is 0 Å². The van der Waals surface area contributed by atoms with E-state index < -0.39 is 0 Å². The molecule has 18 heavy (non-hydrogen) atoms. The molecule has 2 nitrogen and oxygen atoms in total. The van der Waals surface area contributed by atoms with E-state index >= 15 is 0 Å². The van der Waals surface area contributed by atoms with Crippen LogP contribution in [0.5, 0.6) is 11.5 Å². The van der Waals surface area contributed by atoms with Crippen molar-refractivity contribution < 1.29 is 9.47 Å². The van der Waals surface area contributed by atoms with Gasteiger partial charge in [0.05, 0.1) is 10.9 Å². The number of methoxy groups -OCH3 is 1. The third-order valence-corrected chi connectivity index (χ3v) is 4.63. The van der Waals surface area contributed by atoms with Crippen molar-refractivity contribution in [2.75, 3.05) is 7.11 Å². The molecule has 0 fully saturated rings. The molecule has 2 aromatic rings. The molecule has 0 unspecified atom stereocenters. The molecule has 0 spiro atoms. The van der Waals surface area contributed by atoms with Gasteiger partial charge in [0, 0.05) is 10.2 Å². The summed E-state index contributed by atoms with van der Waals surface area (Å²) in [7, 11) is 1.65. The Labute approximate surface area is 127 Å². The fourth-order valence-corrected chi connectivity index (χ4v) is 3.24. The van der Waals surface area contributed by atoms with Gasteiger partial charge in [-0.25, -0.2) is 0 Å². The molecule has 0 amide bonds. The molecule has 1 aromatic carbocycles. The molecule has 2 rings (SSSR count). The van der Waals surface area contributed by atoms with Crippen molar-refractivity contribution in [3.8, 4) is 11.5 Å². The molecule has 1 aromatic heterocycles. The second kappa shape index (κ2) is 6.59. The zero-order valence-electron chi connectivity index (χ0n) is 9.78. The lowest BCUT2D eigenvalue weighted by atomic mass is 10.2. The van der Waals surface area contributed by atoms with Crippen LogP contribution >= 0.6 is 43.2 Å². The smallest absolute Gasteiger partial charge is 0.162 e. The first-order valence-electron chi connectivity index (χ1n) is 5.33. The minimum Gasteiger partial charge on any atom is -0.493 e. The highest BCUT2D eigenvalue weighted by Crippen LogP contribution is 2.30. The largest absolute Gasteiger partial charge is 0.493 e. The predicted molar refractivity (Wildman–Crippen MR) is 82.0 cm³/mol. The third-order valence-electron chi connectivity index (χ3n) is 2.38. The predicted octanol–water partition coefficient (Wildman–Crippen LogP) is 4.99. The highest BCUT2D eigenvalue weighted by Gasteiger charge is 2.06. The number of ether oxygens (including phenoxy) is 2. The summed E-state index contributed by atoms with van der Waals surface area (Å²) in [6, 6.07) is 10.0. The van der Waals surface area contributed by atoms with Gasteiger partial charge in [-0.1, -0.05) is 22.0 Å². The summed E-state index contributed by atoms with van der Waals surface area (Å²) >= 11 is 8.55. The maximum Gasteiger partial charge on any atom is 0.162 e. The first-order chi connectivity index (χ1) is 8.72. The first-order valence-corrected chi connectivity index (χ1v) is 8.06. The van der Waals surface area contributed by atoms with Gasteiger partial charge >= 0.3 is 0 Å². The SMILES string of the molecule is COc1ccc(CBr)cc1OCc1ccc(Br)s1. The van der Waals surface area contributed by atoms with Crippen LogP contribution in [0.25, 0.3) is 0 Å². The lowest BCUT2D eigenvalue weighted by Gasteiger charge is -2.11. The number of hydrogen-bond acceptors (Lipinski definition) is 3. The Hall–Kier alpha value is -0.520. The van der Waals surface area contributed by atoms with Crippen LogP contribution in [0.2, 0.25) is 0 Å². The van der Waals surface area contributed by atoms with E-state index in [9.17, 15) is 0 Å². The average molecular weight is 392 g/mol. The van der Waals surface area contributed by atoms with Crippen molar-refractivity contribution in [3.63, 3.8) is 0 Å². The van der Waals surface area contributed by atoms with E-state index in [4.69, 9.17) is 9.47 Å².